The van der Waals surface area contributed by atoms with Crippen molar-refractivity contribution in [2.24, 2.45) is 5.10 Å². The van der Waals surface area contributed by atoms with Crippen molar-refractivity contribution in [1.82, 2.24) is 14.9 Å². The number of nitrogens with one attached hydrogen (secondary N) is 1. The molecule has 0 aliphatic rings. The second kappa shape index (κ2) is 5.80. The van der Waals surface area contributed by atoms with Crippen LogP contribution in [-0.2, 0) is 0 Å². The molecule has 0 atom stereocenters. The average molecular weight is 298 g/mol. The first-order chi connectivity index (χ1) is 10.2. The molecule has 0 saturated heterocycles. The lowest BCUT2D eigenvalue weighted by molar-refractivity contribution is 0.628. The molecule has 1 N–H and O–H groups in total. The Hall–Kier alpha value is -2.60. The van der Waals surface area contributed by atoms with E-state index in [1.165, 1.54) is 16.8 Å². The molecule has 0 spiro atoms. The maximum atomic E-state index is 13.0. The van der Waals surface area contributed by atoms with Crippen LogP contribution in [0, 0.1) is 10.6 Å². The summed E-state index contributed by atoms with van der Waals surface area (Å²) in [4.78, 5) is 0. The van der Waals surface area contributed by atoms with E-state index >= 15 is 0 Å². The molecule has 0 bridgehead atoms. The van der Waals surface area contributed by atoms with Gasteiger partial charge in [0.2, 0.25) is 4.77 Å². The Bertz CT molecular complexity index is 819. The molecule has 1 heterocycles. The first-order valence-corrected chi connectivity index (χ1v) is 6.67. The van der Waals surface area contributed by atoms with Crippen molar-refractivity contribution in [1.29, 1.82) is 0 Å². The van der Waals surface area contributed by atoms with E-state index in [0.29, 0.717) is 10.6 Å². The maximum Gasteiger partial charge on any atom is 0.216 e. The third-order valence-corrected chi connectivity index (χ3v) is 3.14. The fourth-order valence-electron chi connectivity index (χ4n) is 1.85. The number of aromatic nitrogens is 3. The largest absolute Gasteiger partial charge is 0.250 e. The van der Waals surface area contributed by atoms with Crippen LogP contribution in [0.25, 0.3) is 11.4 Å². The molecule has 0 unspecified atom stereocenters. The molecule has 1 aromatic heterocycles. The summed E-state index contributed by atoms with van der Waals surface area (Å²) in [5, 5.41) is 11.2. The monoisotopic (exact) mass is 298 g/mol. The van der Waals surface area contributed by atoms with Gasteiger partial charge in [-0.3, -0.25) is 0 Å². The number of rotatable bonds is 3. The summed E-state index contributed by atoms with van der Waals surface area (Å²) < 4.78 is 14.9. The van der Waals surface area contributed by atoms with Crippen LogP contribution in [0.5, 0.6) is 0 Å². The van der Waals surface area contributed by atoms with Crippen LogP contribution >= 0.6 is 12.2 Å². The van der Waals surface area contributed by atoms with E-state index in [1.54, 1.807) is 18.3 Å². The highest BCUT2D eigenvalue weighted by Crippen LogP contribution is 2.17. The van der Waals surface area contributed by atoms with Crippen molar-refractivity contribution in [3.05, 3.63) is 70.7 Å². The van der Waals surface area contributed by atoms with E-state index in [0.717, 1.165) is 11.1 Å². The van der Waals surface area contributed by atoms with Gasteiger partial charge in [-0.15, -0.1) is 0 Å². The van der Waals surface area contributed by atoms with Gasteiger partial charge in [0.05, 0.1) is 6.21 Å². The van der Waals surface area contributed by atoms with E-state index in [-0.39, 0.29) is 5.82 Å². The van der Waals surface area contributed by atoms with Gasteiger partial charge in [0.15, 0.2) is 5.82 Å². The van der Waals surface area contributed by atoms with E-state index < -0.39 is 0 Å². The summed E-state index contributed by atoms with van der Waals surface area (Å²) in [5.74, 6) is 0.236. The van der Waals surface area contributed by atoms with Gasteiger partial charge in [0, 0.05) is 5.56 Å². The highest BCUT2D eigenvalue weighted by Gasteiger charge is 2.07. The summed E-state index contributed by atoms with van der Waals surface area (Å²) in [5.41, 5.74) is 1.68. The number of halogens is 1. The second-order valence-electron chi connectivity index (χ2n) is 4.33. The molecular formula is C15H11FN4S. The van der Waals surface area contributed by atoms with Crippen molar-refractivity contribution >= 4 is 18.4 Å². The van der Waals surface area contributed by atoms with Crippen LogP contribution in [0.3, 0.4) is 0 Å². The third kappa shape index (κ3) is 2.95. The van der Waals surface area contributed by atoms with Gasteiger partial charge < -0.3 is 0 Å². The molecule has 104 valence electrons. The Morgan fingerprint density at radius 3 is 2.52 bits per heavy atom. The van der Waals surface area contributed by atoms with Crippen LogP contribution in [0.2, 0.25) is 0 Å². The molecular weight excluding hydrogens is 287 g/mol. The quantitative estimate of drug-likeness (QED) is 0.593. The fraction of sp³-hybridized carbons (Fsp3) is 0. The highest BCUT2D eigenvalue weighted by atomic mass is 32.1. The molecule has 0 amide bonds. The number of benzene rings is 2. The Kier molecular flexibility index (Phi) is 3.70. The molecule has 3 aromatic rings. The summed E-state index contributed by atoms with van der Waals surface area (Å²) in [6, 6.07) is 15.7. The van der Waals surface area contributed by atoms with Crippen molar-refractivity contribution < 1.29 is 4.39 Å². The molecule has 0 radical (unpaired) electrons. The fourth-order valence-corrected chi connectivity index (χ4v) is 2.03. The minimum absolute atomic E-state index is 0.299. The van der Waals surface area contributed by atoms with Gasteiger partial charge >= 0.3 is 0 Å². The van der Waals surface area contributed by atoms with E-state index in [9.17, 15) is 4.39 Å². The van der Waals surface area contributed by atoms with E-state index in [1.807, 2.05) is 30.3 Å². The smallest absolute Gasteiger partial charge is 0.216 e. The molecule has 21 heavy (non-hydrogen) atoms. The number of hydrogen-bond donors (Lipinski definition) is 1. The Morgan fingerprint density at radius 2 is 1.81 bits per heavy atom. The lowest BCUT2D eigenvalue weighted by Gasteiger charge is -2.00. The molecule has 2 aromatic carbocycles. The molecule has 0 aliphatic carbocycles. The number of nitrogens with zero attached hydrogens (tertiary/aromatic N) is 3. The van der Waals surface area contributed by atoms with Crippen LogP contribution < -0.4 is 0 Å². The van der Waals surface area contributed by atoms with E-state index in [2.05, 4.69) is 15.3 Å². The van der Waals surface area contributed by atoms with Crippen molar-refractivity contribution in [2.45, 2.75) is 0 Å². The molecule has 4 nitrogen and oxygen atoms in total. The Morgan fingerprint density at radius 1 is 1.10 bits per heavy atom. The van der Waals surface area contributed by atoms with Crippen LogP contribution in [0.4, 0.5) is 4.39 Å². The van der Waals surface area contributed by atoms with Crippen molar-refractivity contribution in [2.75, 3.05) is 0 Å². The van der Waals surface area contributed by atoms with Crippen molar-refractivity contribution in [3.8, 4) is 11.4 Å². The standard InChI is InChI=1S/C15H11FN4S/c16-13-8-6-12(7-9-13)14-18-19-15(21)20(14)17-10-11-4-2-1-3-5-11/h1-10H,(H,19,21). The lowest BCUT2D eigenvalue weighted by atomic mass is 10.2. The molecule has 0 fully saturated rings. The number of hydrogen-bond acceptors (Lipinski definition) is 3. The van der Waals surface area contributed by atoms with E-state index in [4.69, 9.17) is 12.2 Å². The van der Waals surface area contributed by atoms with Gasteiger partial charge in [-0.2, -0.15) is 14.9 Å². The number of H-pyrrole nitrogens is 1. The lowest BCUT2D eigenvalue weighted by Crippen LogP contribution is -1.95. The minimum Gasteiger partial charge on any atom is -0.250 e. The summed E-state index contributed by atoms with van der Waals surface area (Å²) in [7, 11) is 0. The van der Waals surface area contributed by atoms with Gasteiger partial charge in [-0.1, -0.05) is 30.3 Å². The molecule has 3 rings (SSSR count). The zero-order chi connectivity index (χ0) is 14.7. The topological polar surface area (TPSA) is 46.0 Å². The normalized spacial score (nSPS) is 11.1. The third-order valence-electron chi connectivity index (χ3n) is 2.87. The SMILES string of the molecule is Fc1ccc(-c2n[nH]c(=S)n2N=Cc2ccccc2)cc1. The summed E-state index contributed by atoms with van der Waals surface area (Å²) in [6.07, 6.45) is 1.69. The predicted octanol–water partition coefficient (Wildman–Crippen LogP) is 3.63. The second-order valence-corrected chi connectivity index (χ2v) is 4.71. The predicted molar refractivity (Wildman–Crippen MR) is 82.2 cm³/mol. The van der Waals surface area contributed by atoms with Gasteiger partial charge in [0.25, 0.3) is 0 Å². The van der Waals surface area contributed by atoms with Crippen LogP contribution in [-0.4, -0.2) is 21.1 Å². The molecule has 6 heteroatoms. The average Bonchev–Trinajstić information content (AvgIpc) is 2.88. The van der Waals surface area contributed by atoms with Gasteiger partial charge in [-0.05, 0) is 42.0 Å². The van der Waals surface area contributed by atoms with Crippen LogP contribution in [0.15, 0.2) is 59.7 Å². The first kappa shape index (κ1) is 13.4. The zero-order valence-corrected chi connectivity index (χ0v) is 11.7. The first-order valence-electron chi connectivity index (χ1n) is 6.27. The van der Waals surface area contributed by atoms with Gasteiger partial charge in [0.1, 0.15) is 5.82 Å². The Balaban J connectivity index is 2.00. The van der Waals surface area contributed by atoms with Crippen molar-refractivity contribution in [3.63, 3.8) is 0 Å². The minimum atomic E-state index is -0.299. The molecule has 0 saturated carbocycles. The zero-order valence-electron chi connectivity index (χ0n) is 10.9. The van der Waals surface area contributed by atoms with Gasteiger partial charge in [-0.25, -0.2) is 9.49 Å². The highest BCUT2D eigenvalue weighted by molar-refractivity contribution is 7.71. The molecule has 0 aliphatic heterocycles. The summed E-state index contributed by atoms with van der Waals surface area (Å²) in [6.45, 7) is 0. The van der Waals surface area contributed by atoms with Crippen LogP contribution in [0.1, 0.15) is 5.56 Å². The summed E-state index contributed by atoms with van der Waals surface area (Å²) >= 11 is 5.17. The maximum absolute atomic E-state index is 13.0. The number of aromatic amines is 1. The Labute approximate surface area is 125 Å².